The minimum atomic E-state index is -0.529. The molecule has 0 radical (unpaired) electrons. The van der Waals surface area contributed by atoms with E-state index >= 15 is 0 Å². The Morgan fingerprint density at radius 3 is 2.73 bits per heavy atom. The van der Waals surface area contributed by atoms with Crippen molar-refractivity contribution in [2.24, 2.45) is 5.73 Å². The lowest BCUT2D eigenvalue weighted by Gasteiger charge is -2.48. The summed E-state index contributed by atoms with van der Waals surface area (Å²) in [7, 11) is 1.36. The Balaban J connectivity index is 1.93. The molecule has 2 aliphatic heterocycles. The van der Waals surface area contributed by atoms with Gasteiger partial charge in [-0.05, 0) is 18.4 Å². The number of esters is 1. The van der Waals surface area contributed by atoms with Crippen LogP contribution in [-0.2, 0) is 14.3 Å². The minimum absolute atomic E-state index is 0.00227. The molecule has 2 heterocycles. The first-order chi connectivity index (χ1) is 10.6. The highest BCUT2D eigenvalue weighted by Crippen LogP contribution is 2.44. The molecule has 0 aliphatic carbocycles. The van der Waals surface area contributed by atoms with Crippen LogP contribution in [0.5, 0.6) is 0 Å². The number of carbonyl (C=O) groups excluding carboxylic acids is 2. The molecular formula is C16H20N2O3S. The van der Waals surface area contributed by atoms with E-state index in [2.05, 4.69) is 12.1 Å². The van der Waals surface area contributed by atoms with E-state index < -0.39 is 12.1 Å². The van der Waals surface area contributed by atoms with Gasteiger partial charge in [0.05, 0.1) is 18.4 Å². The third-order valence-electron chi connectivity index (χ3n) is 4.42. The number of rotatable bonds is 2. The predicted octanol–water partition coefficient (Wildman–Crippen LogP) is 1.33. The van der Waals surface area contributed by atoms with Crippen LogP contribution in [0.15, 0.2) is 30.3 Å². The Kier molecular flexibility index (Phi) is 4.40. The molecular weight excluding hydrogens is 300 g/mol. The summed E-state index contributed by atoms with van der Waals surface area (Å²) in [6.07, 6.45) is 1.48. The molecule has 2 saturated heterocycles. The van der Waals surface area contributed by atoms with E-state index in [1.54, 1.807) is 16.7 Å². The fourth-order valence-electron chi connectivity index (χ4n) is 3.31. The largest absolute Gasteiger partial charge is 0.467 e. The molecule has 5 nitrogen and oxygen atoms in total. The van der Waals surface area contributed by atoms with Crippen molar-refractivity contribution in [2.45, 2.75) is 36.2 Å². The van der Waals surface area contributed by atoms with Gasteiger partial charge in [0.15, 0.2) is 0 Å². The molecule has 2 N–H and O–H groups in total. The number of thioether (sulfide) groups is 1. The summed E-state index contributed by atoms with van der Waals surface area (Å²) in [5.74, 6) is 0.0561. The zero-order valence-electron chi connectivity index (χ0n) is 12.5. The van der Waals surface area contributed by atoms with Gasteiger partial charge in [-0.3, -0.25) is 4.79 Å². The third-order valence-corrected chi connectivity index (χ3v) is 5.88. The second kappa shape index (κ2) is 6.30. The molecule has 0 saturated carbocycles. The summed E-state index contributed by atoms with van der Waals surface area (Å²) in [5, 5.41) is 0.179. The number of piperidine rings is 1. The van der Waals surface area contributed by atoms with Gasteiger partial charge in [-0.15, -0.1) is 11.8 Å². The van der Waals surface area contributed by atoms with E-state index in [9.17, 15) is 9.59 Å². The quantitative estimate of drug-likeness (QED) is 0.833. The average molecular weight is 320 g/mol. The van der Waals surface area contributed by atoms with E-state index in [1.807, 2.05) is 18.2 Å². The van der Waals surface area contributed by atoms with E-state index in [0.717, 1.165) is 6.42 Å². The summed E-state index contributed by atoms with van der Waals surface area (Å²) in [6.45, 7) is 0. The fourth-order valence-corrected chi connectivity index (χ4v) is 4.84. The number of hydrogen-bond acceptors (Lipinski definition) is 5. The molecule has 3 rings (SSSR count). The maximum Gasteiger partial charge on any atom is 0.329 e. The van der Waals surface area contributed by atoms with Crippen LogP contribution in [-0.4, -0.2) is 47.8 Å². The van der Waals surface area contributed by atoms with Crippen molar-refractivity contribution in [1.29, 1.82) is 0 Å². The van der Waals surface area contributed by atoms with Gasteiger partial charge in [0, 0.05) is 11.8 Å². The molecule has 4 atom stereocenters. The van der Waals surface area contributed by atoms with Crippen LogP contribution in [0.3, 0.4) is 0 Å². The van der Waals surface area contributed by atoms with Crippen LogP contribution < -0.4 is 5.73 Å². The van der Waals surface area contributed by atoms with E-state index in [1.165, 1.54) is 12.7 Å². The SMILES string of the molecule is COC(=O)C1CSC(c2ccccc2)C2CCC(N)C(=O)N12. The Labute approximate surface area is 134 Å². The molecule has 1 aromatic carbocycles. The zero-order chi connectivity index (χ0) is 15.7. The van der Waals surface area contributed by atoms with Gasteiger partial charge in [-0.25, -0.2) is 4.79 Å². The van der Waals surface area contributed by atoms with E-state index in [-0.39, 0.29) is 23.2 Å². The smallest absolute Gasteiger partial charge is 0.329 e. The molecule has 0 bridgehead atoms. The molecule has 2 fully saturated rings. The number of nitrogens with two attached hydrogens (primary N) is 1. The van der Waals surface area contributed by atoms with Gasteiger partial charge < -0.3 is 15.4 Å². The standard InChI is InChI=1S/C16H20N2O3S/c1-21-16(20)13-9-22-14(10-5-3-2-4-6-10)12-8-7-11(17)15(19)18(12)13/h2-6,11-14H,7-9,17H2,1H3. The molecule has 118 valence electrons. The maximum atomic E-state index is 12.6. The number of amides is 1. The fraction of sp³-hybridized carbons (Fsp3) is 0.500. The molecule has 0 spiro atoms. The number of nitrogens with zero attached hydrogens (tertiary/aromatic N) is 1. The number of methoxy groups -OCH3 is 1. The molecule has 1 aromatic rings. The minimum Gasteiger partial charge on any atom is -0.467 e. The molecule has 1 amide bonds. The van der Waals surface area contributed by atoms with Crippen LogP contribution in [0, 0.1) is 0 Å². The topological polar surface area (TPSA) is 72.6 Å². The first-order valence-electron chi connectivity index (χ1n) is 7.45. The molecule has 2 aliphatic rings. The summed E-state index contributed by atoms with van der Waals surface area (Å²) in [5.41, 5.74) is 7.11. The van der Waals surface area contributed by atoms with Gasteiger partial charge >= 0.3 is 5.97 Å². The number of carbonyl (C=O) groups is 2. The van der Waals surface area contributed by atoms with E-state index in [0.29, 0.717) is 12.2 Å². The van der Waals surface area contributed by atoms with Crippen molar-refractivity contribution in [3.8, 4) is 0 Å². The summed E-state index contributed by atoms with van der Waals surface area (Å²) in [4.78, 5) is 26.3. The van der Waals surface area contributed by atoms with Crippen LogP contribution in [0.2, 0.25) is 0 Å². The molecule has 4 unspecified atom stereocenters. The lowest BCUT2D eigenvalue weighted by Crippen LogP contribution is -2.63. The van der Waals surface area contributed by atoms with E-state index in [4.69, 9.17) is 10.5 Å². The van der Waals surface area contributed by atoms with Crippen LogP contribution in [0.1, 0.15) is 23.7 Å². The van der Waals surface area contributed by atoms with Gasteiger partial charge in [0.2, 0.25) is 5.91 Å². The highest BCUT2D eigenvalue weighted by atomic mass is 32.2. The van der Waals surface area contributed by atoms with Gasteiger partial charge in [0.1, 0.15) is 6.04 Å². The summed E-state index contributed by atoms with van der Waals surface area (Å²) >= 11 is 1.72. The second-order valence-corrected chi connectivity index (χ2v) is 6.87. The zero-order valence-corrected chi connectivity index (χ0v) is 13.3. The van der Waals surface area contributed by atoms with Crippen molar-refractivity contribution >= 4 is 23.6 Å². The summed E-state index contributed by atoms with van der Waals surface area (Å²) in [6, 6.07) is 9.10. The molecule has 0 aromatic heterocycles. The highest BCUT2D eigenvalue weighted by molar-refractivity contribution is 7.99. The Morgan fingerprint density at radius 2 is 2.05 bits per heavy atom. The Bertz CT molecular complexity index is 566. The monoisotopic (exact) mass is 320 g/mol. The normalized spacial score (nSPS) is 31.5. The third kappa shape index (κ3) is 2.61. The number of ether oxygens (including phenoxy) is 1. The maximum absolute atomic E-state index is 12.6. The van der Waals surface area contributed by atoms with Crippen molar-refractivity contribution in [2.75, 3.05) is 12.9 Å². The van der Waals surface area contributed by atoms with Crippen molar-refractivity contribution in [1.82, 2.24) is 4.90 Å². The van der Waals surface area contributed by atoms with Crippen molar-refractivity contribution in [3.63, 3.8) is 0 Å². The van der Waals surface area contributed by atoms with Gasteiger partial charge in [-0.2, -0.15) is 0 Å². The van der Waals surface area contributed by atoms with Gasteiger partial charge in [-0.1, -0.05) is 30.3 Å². The molecule has 6 heteroatoms. The average Bonchev–Trinajstić information content (AvgIpc) is 2.57. The Morgan fingerprint density at radius 1 is 1.32 bits per heavy atom. The number of benzene rings is 1. The molecule has 22 heavy (non-hydrogen) atoms. The lowest BCUT2D eigenvalue weighted by molar-refractivity contribution is -0.157. The Hall–Kier alpha value is -1.53. The highest BCUT2D eigenvalue weighted by Gasteiger charge is 2.48. The van der Waals surface area contributed by atoms with Crippen LogP contribution in [0.25, 0.3) is 0 Å². The van der Waals surface area contributed by atoms with Gasteiger partial charge in [0.25, 0.3) is 0 Å². The second-order valence-electron chi connectivity index (χ2n) is 5.70. The first kappa shape index (κ1) is 15.4. The van der Waals surface area contributed by atoms with Crippen LogP contribution >= 0.6 is 11.8 Å². The lowest BCUT2D eigenvalue weighted by atomic mass is 9.90. The van der Waals surface area contributed by atoms with Crippen LogP contribution in [0.4, 0.5) is 0 Å². The van der Waals surface area contributed by atoms with Crippen molar-refractivity contribution in [3.05, 3.63) is 35.9 Å². The van der Waals surface area contributed by atoms with Crippen molar-refractivity contribution < 1.29 is 14.3 Å². The number of fused-ring (bicyclic) bond motifs is 1. The number of hydrogen-bond donors (Lipinski definition) is 1. The first-order valence-corrected chi connectivity index (χ1v) is 8.50. The summed E-state index contributed by atoms with van der Waals surface area (Å²) < 4.78 is 4.88. The predicted molar refractivity (Wildman–Crippen MR) is 85.3 cm³/mol.